The Morgan fingerprint density at radius 1 is 0.926 bits per heavy atom. The smallest absolute Gasteiger partial charge is 0.320 e. The molecule has 4 rings (SSSR count). The standard InChI is InChI=1S/C19H23N5O3/c25-19(21-13-4-2-1-3-5-13)22-18-9-8-17(23-24-18)20-14-6-7-15-16(12-14)27-11-10-26-15/h6-9,12-13H,1-5,10-11H2,(H,20,23)(H2,21,22,24,25). The van der Waals surface area contributed by atoms with Crippen molar-refractivity contribution in [1.82, 2.24) is 15.5 Å². The maximum Gasteiger partial charge on any atom is 0.320 e. The second-order valence-electron chi connectivity index (χ2n) is 6.72. The molecule has 1 saturated carbocycles. The minimum atomic E-state index is -0.233. The number of fused-ring (bicyclic) bond motifs is 1. The summed E-state index contributed by atoms with van der Waals surface area (Å²) in [6.45, 7) is 1.10. The van der Waals surface area contributed by atoms with Gasteiger partial charge in [0.15, 0.2) is 23.1 Å². The monoisotopic (exact) mass is 369 g/mol. The Bertz CT molecular complexity index is 790. The molecular weight excluding hydrogens is 346 g/mol. The minimum Gasteiger partial charge on any atom is -0.486 e. The predicted octanol–water partition coefficient (Wildman–Crippen LogP) is 3.45. The highest BCUT2D eigenvalue weighted by molar-refractivity contribution is 5.88. The summed E-state index contributed by atoms with van der Waals surface area (Å²) in [5.41, 5.74) is 0.823. The van der Waals surface area contributed by atoms with Gasteiger partial charge in [0.25, 0.3) is 0 Å². The van der Waals surface area contributed by atoms with Gasteiger partial charge in [-0.2, -0.15) is 0 Å². The van der Waals surface area contributed by atoms with E-state index in [1.165, 1.54) is 19.3 Å². The normalized spacial score (nSPS) is 16.4. The van der Waals surface area contributed by atoms with E-state index < -0.39 is 0 Å². The third-order valence-corrected chi connectivity index (χ3v) is 4.66. The van der Waals surface area contributed by atoms with E-state index in [0.717, 1.165) is 24.3 Å². The summed E-state index contributed by atoms with van der Waals surface area (Å²) in [7, 11) is 0. The largest absolute Gasteiger partial charge is 0.486 e. The van der Waals surface area contributed by atoms with E-state index >= 15 is 0 Å². The molecule has 8 nitrogen and oxygen atoms in total. The van der Waals surface area contributed by atoms with Crippen molar-refractivity contribution in [3.63, 3.8) is 0 Å². The van der Waals surface area contributed by atoms with Crippen LogP contribution in [0.4, 0.5) is 22.1 Å². The maximum absolute atomic E-state index is 12.1. The highest BCUT2D eigenvalue weighted by Crippen LogP contribution is 2.33. The molecule has 2 heterocycles. The molecule has 2 aliphatic rings. The molecule has 0 atom stereocenters. The van der Waals surface area contributed by atoms with Gasteiger partial charge in [0.05, 0.1) is 0 Å². The van der Waals surface area contributed by atoms with Crippen molar-refractivity contribution in [1.29, 1.82) is 0 Å². The highest BCUT2D eigenvalue weighted by Gasteiger charge is 2.16. The number of anilines is 3. The molecule has 0 bridgehead atoms. The van der Waals surface area contributed by atoms with Crippen LogP contribution in [0.2, 0.25) is 0 Å². The van der Waals surface area contributed by atoms with Crippen LogP contribution in [0.25, 0.3) is 0 Å². The molecule has 1 aliphatic carbocycles. The molecule has 1 aromatic heterocycles. The van der Waals surface area contributed by atoms with Crippen molar-refractivity contribution in [3.05, 3.63) is 30.3 Å². The molecule has 1 aliphatic heterocycles. The maximum atomic E-state index is 12.1. The Morgan fingerprint density at radius 2 is 1.67 bits per heavy atom. The molecular formula is C19H23N5O3. The first-order valence-electron chi connectivity index (χ1n) is 9.34. The number of ether oxygens (including phenoxy) is 2. The molecule has 2 amide bonds. The lowest BCUT2D eigenvalue weighted by Gasteiger charge is -2.22. The zero-order valence-electron chi connectivity index (χ0n) is 15.0. The first-order valence-corrected chi connectivity index (χ1v) is 9.34. The molecule has 0 unspecified atom stereocenters. The summed E-state index contributed by atoms with van der Waals surface area (Å²) in [4.78, 5) is 12.1. The van der Waals surface area contributed by atoms with Gasteiger partial charge in [0, 0.05) is 17.8 Å². The Kier molecular flexibility index (Phi) is 5.22. The van der Waals surface area contributed by atoms with Crippen LogP contribution >= 0.6 is 0 Å². The van der Waals surface area contributed by atoms with E-state index in [1.807, 2.05) is 18.2 Å². The fourth-order valence-electron chi connectivity index (χ4n) is 3.32. The summed E-state index contributed by atoms with van der Waals surface area (Å²) in [6.07, 6.45) is 5.67. The van der Waals surface area contributed by atoms with Gasteiger partial charge in [0.1, 0.15) is 13.2 Å². The summed E-state index contributed by atoms with van der Waals surface area (Å²) in [6, 6.07) is 9.11. The van der Waals surface area contributed by atoms with Gasteiger partial charge in [-0.25, -0.2) is 4.79 Å². The van der Waals surface area contributed by atoms with Crippen LogP contribution in [0.3, 0.4) is 0 Å². The van der Waals surface area contributed by atoms with Crippen molar-refractivity contribution in [3.8, 4) is 11.5 Å². The van der Waals surface area contributed by atoms with Crippen molar-refractivity contribution in [2.75, 3.05) is 23.8 Å². The quantitative estimate of drug-likeness (QED) is 0.764. The van der Waals surface area contributed by atoms with Gasteiger partial charge in [0.2, 0.25) is 0 Å². The number of benzene rings is 1. The number of urea groups is 1. The Balaban J connectivity index is 1.32. The van der Waals surface area contributed by atoms with Crippen molar-refractivity contribution >= 4 is 23.4 Å². The zero-order chi connectivity index (χ0) is 18.5. The number of amides is 2. The SMILES string of the molecule is O=C(Nc1ccc(Nc2ccc3c(c2)OCCO3)nn1)NC1CCCCC1. The van der Waals surface area contributed by atoms with Crippen molar-refractivity contribution in [2.24, 2.45) is 0 Å². The molecule has 3 N–H and O–H groups in total. The second-order valence-corrected chi connectivity index (χ2v) is 6.72. The lowest BCUT2D eigenvalue weighted by Crippen LogP contribution is -2.39. The summed E-state index contributed by atoms with van der Waals surface area (Å²) in [5.74, 6) is 2.43. The number of carbonyl (C=O) groups is 1. The number of hydrogen-bond acceptors (Lipinski definition) is 6. The first-order chi connectivity index (χ1) is 13.3. The topological polar surface area (TPSA) is 97.4 Å². The third-order valence-electron chi connectivity index (χ3n) is 4.66. The minimum absolute atomic E-state index is 0.233. The number of aromatic nitrogens is 2. The third kappa shape index (κ3) is 4.58. The van der Waals surface area contributed by atoms with Crippen LogP contribution in [0, 0.1) is 0 Å². The van der Waals surface area contributed by atoms with Crippen molar-refractivity contribution in [2.45, 2.75) is 38.1 Å². The van der Waals surface area contributed by atoms with E-state index in [1.54, 1.807) is 12.1 Å². The van der Waals surface area contributed by atoms with Crippen LogP contribution in [0.15, 0.2) is 30.3 Å². The van der Waals surface area contributed by atoms with Crippen LogP contribution < -0.4 is 25.4 Å². The molecule has 0 radical (unpaired) electrons. The highest BCUT2D eigenvalue weighted by atomic mass is 16.6. The van der Waals surface area contributed by atoms with E-state index in [-0.39, 0.29) is 12.1 Å². The number of hydrogen-bond donors (Lipinski definition) is 3. The second kappa shape index (κ2) is 8.11. The zero-order valence-corrected chi connectivity index (χ0v) is 15.0. The predicted molar refractivity (Wildman–Crippen MR) is 102 cm³/mol. The summed E-state index contributed by atoms with van der Waals surface area (Å²) < 4.78 is 11.1. The fraction of sp³-hybridized carbons (Fsp3) is 0.421. The summed E-state index contributed by atoms with van der Waals surface area (Å²) in [5, 5.41) is 17.1. The fourth-order valence-corrected chi connectivity index (χ4v) is 3.32. The molecule has 1 aromatic carbocycles. The van der Waals surface area contributed by atoms with Crippen LogP contribution in [-0.4, -0.2) is 35.5 Å². The first kappa shape index (κ1) is 17.4. The number of rotatable bonds is 4. The average molecular weight is 369 g/mol. The van der Waals surface area contributed by atoms with E-state index in [0.29, 0.717) is 30.6 Å². The molecule has 8 heteroatoms. The number of nitrogens with zero attached hydrogens (tertiary/aromatic N) is 2. The van der Waals surface area contributed by atoms with Gasteiger partial charge in [-0.05, 0) is 37.1 Å². The Hall–Kier alpha value is -3.03. The molecule has 2 aromatic rings. The van der Waals surface area contributed by atoms with Crippen molar-refractivity contribution < 1.29 is 14.3 Å². The molecule has 0 spiro atoms. The van der Waals surface area contributed by atoms with Crippen LogP contribution in [0.5, 0.6) is 11.5 Å². The van der Waals surface area contributed by atoms with Gasteiger partial charge in [-0.15, -0.1) is 10.2 Å². The lowest BCUT2D eigenvalue weighted by molar-refractivity contribution is 0.171. The van der Waals surface area contributed by atoms with E-state index in [4.69, 9.17) is 9.47 Å². The van der Waals surface area contributed by atoms with E-state index in [2.05, 4.69) is 26.1 Å². The molecule has 1 fully saturated rings. The molecule has 142 valence electrons. The van der Waals surface area contributed by atoms with E-state index in [9.17, 15) is 4.79 Å². The number of nitrogens with one attached hydrogen (secondary N) is 3. The van der Waals surface area contributed by atoms with Gasteiger partial charge >= 0.3 is 6.03 Å². The Labute approximate surface area is 157 Å². The molecule has 27 heavy (non-hydrogen) atoms. The van der Waals surface area contributed by atoms with Gasteiger partial charge < -0.3 is 20.1 Å². The summed E-state index contributed by atoms with van der Waals surface area (Å²) >= 11 is 0. The van der Waals surface area contributed by atoms with Gasteiger partial charge in [-0.3, -0.25) is 5.32 Å². The Morgan fingerprint density at radius 3 is 2.44 bits per heavy atom. The molecule has 0 saturated heterocycles. The van der Waals surface area contributed by atoms with Gasteiger partial charge in [-0.1, -0.05) is 19.3 Å². The van der Waals surface area contributed by atoms with Crippen LogP contribution in [0.1, 0.15) is 32.1 Å². The lowest BCUT2D eigenvalue weighted by atomic mass is 9.96. The van der Waals surface area contributed by atoms with Crippen LogP contribution in [-0.2, 0) is 0 Å². The average Bonchev–Trinajstić information content (AvgIpc) is 2.70. The number of carbonyl (C=O) groups excluding carboxylic acids is 1.